The fourth-order valence-electron chi connectivity index (χ4n) is 1.28. The van der Waals surface area contributed by atoms with Crippen molar-refractivity contribution in [2.45, 2.75) is 13.1 Å². The third-order valence-electron chi connectivity index (χ3n) is 2.02. The molecular weight excluding hydrogens is 384 g/mol. The lowest BCUT2D eigenvalue weighted by molar-refractivity contribution is -0.134. The molecule has 0 aromatic carbocycles. The molecule has 0 unspecified atom stereocenters. The summed E-state index contributed by atoms with van der Waals surface area (Å²) in [5.74, 6) is -0.633. The molecule has 2 aromatic heterocycles. The van der Waals surface area contributed by atoms with Crippen molar-refractivity contribution in [1.29, 1.82) is 0 Å². The Bertz CT molecular complexity index is 605. The fraction of sp³-hybridized carbons (Fsp3) is 0.333. The number of ether oxygens (including phenoxy) is 1. The highest BCUT2D eigenvalue weighted by atomic mass is 127. The Kier molecular flexibility index (Phi) is 3.54. The van der Waals surface area contributed by atoms with Crippen molar-refractivity contribution in [1.82, 2.24) is 9.38 Å². The second-order valence-corrected chi connectivity index (χ2v) is 5.25. The summed E-state index contributed by atoms with van der Waals surface area (Å²) in [7, 11) is 0. The van der Waals surface area contributed by atoms with Gasteiger partial charge in [-0.1, -0.05) is 11.3 Å². The van der Waals surface area contributed by atoms with Crippen LogP contribution >= 0.6 is 33.9 Å². The van der Waals surface area contributed by atoms with Gasteiger partial charge in [-0.2, -0.15) is 13.2 Å². The minimum atomic E-state index is -4.40. The quantitative estimate of drug-likeness (QED) is 0.585. The molecule has 9 heteroatoms. The third-order valence-corrected chi connectivity index (χ3v) is 4.07. The van der Waals surface area contributed by atoms with E-state index in [9.17, 15) is 18.0 Å². The summed E-state index contributed by atoms with van der Waals surface area (Å²) in [6.07, 6.45) is -3.48. The third kappa shape index (κ3) is 2.32. The zero-order chi connectivity index (χ0) is 13.5. The predicted octanol–water partition coefficient (Wildman–Crippen LogP) is 3.20. The zero-order valence-electron chi connectivity index (χ0n) is 8.92. The molecular formula is C9H6F3IN2O2S. The number of esters is 1. The molecule has 0 aliphatic heterocycles. The maximum absolute atomic E-state index is 12.5. The van der Waals surface area contributed by atoms with Gasteiger partial charge in [0.05, 0.1) is 6.61 Å². The number of alkyl halides is 3. The lowest BCUT2D eigenvalue weighted by Crippen LogP contribution is -2.07. The molecule has 4 nitrogen and oxygen atoms in total. The molecule has 2 rings (SSSR count). The van der Waals surface area contributed by atoms with Crippen molar-refractivity contribution in [3.8, 4) is 0 Å². The first kappa shape index (κ1) is 13.6. The van der Waals surface area contributed by atoms with Crippen LogP contribution in [-0.4, -0.2) is 22.0 Å². The normalized spacial score (nSPS) is 12.1. The van der Waals surface area contributed by atoms with E-state index >= 15 is 0 Å². The van der Waals surface area contributed by atoms with Crippen molar-refractivity contribution < 1.29 is 22.7 Å². The van der Waals surface area contributed by atoms with Gasteiger partial charge in [0.25, 0.3) is 0 Å². The summed E-state index contributed by atoms with van der Waals surface area (Å²) in [6.45, 7) is 1.83. The van der Waals surface area contributed by atoms with E-state index in [1.807, 2.05) is 0 Å². The number of fused-ring (bicyclic) bond motifs is 1. The Labute approximate surface area is 117 Å². The number of nitrogens with zero attached hydrogens (tertiary/aromatic N) is 2. The number of thiazole rings is 1. The minimum Gasteiger partial charge on any atom is -0.461 e. The SMILES string of the molecule is CCOC(=O)c1nc2sc(C(F)(F)F)cn2c1I. The standard InChI is InChI=1S/C9H6F3IN2O2S/c1-2-17-7(16)5-6(13)15-3-4(9(10,11)12)18-8(15)14-5/h3H,2H2,1H3. The van der Waals surface area contributed by atoms with E-state index in [4.69, 9.17) is 4.74 Å². The van der Waals surface area contributed by atoms with E-state index in [0.717, 1.165) is 6.20 Å². The lowest BCUT2D eigenvalue weighted by atomic mass is 10.5. The number of aromatic nitrogens is 2. The van der Waals surface area contributed by atoms with Gasteiger partial charge in [-0.05, 0) is 29.5 Å². The first-order valence-corrected chi connectivity index (χ1v) is 6.65. The number of rotatable bonds is 2. The van der Waals surface area contributed by atoms with Gasteiger partial charge in [0, 0.05) is 6.20 Å². The molecule has 0 radical (unpaired) electrons. The summed E-state index contributed by atoms with van der Waals surface area (Å²) in [6, 6.07) is 0. The van der Waals surface area contributed by atoms with E-state index in [2.05, 4.69) is 4.98 Å². The summed E-state index contributed by atoms with van der Waals surface area (Å²) in [5.41, 5.74) is 0.0393. The molecule has 2 heterocycles. The molecule has 98 valence electrons. The average molecular weight is 390 g/mol. The van der Waals surface area contributed by atoms with Crippen LogP contribution in [0.4, 0.5) is 13.2 Å². The Morgan fingerprint density at radius 3 is 2.78 bits per heavy atom. The van der Waals surface area contributed by atoms with E-state index in [1.165, 1.54) is 4.40 Å². The molecule has 0 spiro atoms. The van der Waals surface area contributed by atoms with Crippen molar-refractivity contribution in [3.05, 3.63) is 20.5 Å². The molecule has 0 aliphatic rings. The van der Waals surface area contributed by atoms with Crippen molar-refractivity contribution in [3.63, 3.8) is 0 Å². The predicted molar refractivity (Wildman–Crippen MR) is 66.7 cm³/mol. The average Bonchev–Trinajstić information content (AvgIpc) is 2.78. The highest BCUT2D eigenvalue weighted by Gasteiger charge is 2.34. The molecule has 0 bridgehead atoms. The second kappa shape index (κ2) is 4.68. The Hall–Kier alpha value is -0.840. The van der Waals surface area contributed by atoms with Gasteiger partial charge in [-0.3, -0.25) is 4.40 Å². The van der Waals surface area contributed by atoms with Crippen LogP contribution in [-0.2, 0) is 10.9 Å². The largest absolute Gasteiger partial charge is 0.461 e. The van der Waals surface area contributed by atoms with Gasteiger partial charge in [0.1, 0.15) is 8.58 Å². The fourth-order valence-corrected chi connectivity index (χ4v) is 3.00. The van der Waals surface area contributed by atoms with Crippen LogP contribution in [0.25, 0.3) is 4.96 Å². The molecule has 2 aromatic rings. The van der Waals surface area contributed by atoms with Crippen LogP contribution in [0.3, 0.4) is 0 Å². The molecule has 0 fully saturated rings. The number of carbonyl (C=O) groups excluding carboxylic acids is 1. The molecule has 0 saturated heterocycles. The van der Waals surface area contributed by atoms with Crippen LogP contribution < -0.4 is 0 Å². The van der Waals surface area contributed by atoms with Gasteiger partial charge >= 0.3 is 12.1 Å². The van der Waals surface area contributed by atoms with Gasteiger partial charge < -0.3 is 4.74 Å². The number of carbonyl (C=O) groups is 1. The van der Waals surface area contributed by atoms with Gasteiger partial charge in [-0.25, -0.2) is 9.78 Å². The summed E-state index contributed by atoms with van der Waals surface area (Å²) in [4.78, 5) is 14.7. The Morgan fingerprint density at radius 1 is 1.61 bits per heavy atom. The Morgan fingerprint density at radius 2 is 2.28 bits per heavy atom. The van der Waals surface area contributed by atoms with Crippen molar-refractivity contribution >= 4 is 44.9 Å². The number of hydrogen-bond donors (Lipinski definition) is 0. The van der Waals surface area contributed by atoms with E-state index in [0.29, 0.717) is 15.0 Å². The summed E-state index contributed by atoms with van der Waals surface area (Å²) in [5, 5.41) is 0. The molecule has 0 atom stereocenters. The Balaban J connectivity index is 2.48. The topological polar surface area (TPSA) is 43.6 Å². The molecule has 0 N–H and O–H groups in total. The van der Waals surface area contributed by atoms with Crippen LogP contribution in [0.5, 0.6) is 0 Å². The van der Waals surface area contributed by atoms with Gasteiger partial charge in [-0.15, -0.1) is 0 Å². The number of halogens is 4. The molecule has 18 heavy (non-hydrogen) atoms. The summed E-state index contributed by atoms with van der Waals surface area (Å²) < 4.78 is 43.8. The van der Waals surface area contributed by atoms with Crippen LogP contribution in [0.1, 0.15) is 22.3 Å². The van der Waals surface area contributed by atoms with Gasteiger partial charge in [0.15, 0.2) is 10.7 Å². The maximum Gasteiger partial charge on any atom is 0.427 e. The van der Waals surface area contributed by atoms with Crippen LogP contribution in [0.2, 0.25) is 0 Å². The van der Waals surface area contributed by atoms with Crippen molar-refractivity contribution in [2.75, 3.05) is 6.61 Å². The molecule has 0 saturated carbocycles. The summed E-state index contributed by atoms with van der Waals surface area (Å²) >= 11 is 2.26. The molecule has 0 aliphatic carbocycles. The monoisotopic (exact) mass is 390 g/mol. The lowest BCUT2D eigenvalue weighted by Gasteiger charge is -2.00. The van der Waals surface area contributed by atoms with E-state index in [-0.39, 0.29) is 17.3 Å². The van der Waals surface area contributed by atoms with Crippen molar-refractivity contribution in [2.24, 2.45) is 0 Å². The van der Waals surface area contributed by atoms with Crippen LogP contribution in [0, 0.1) is 3.70 Å². The maximum atomic E-state index is 12.5. The van der Waals surface area contributed by atoms with E-state index in [1.54, 1.807) is 29.5 Å². The van der Waals surface area contributed by atoms with Crippen LogP contribution in [0.15, 0.2) is 6.20 Å². The number of imidazole rings is 1. The zero-order valence-corrected chi connectivity index (χ0v) is 11.9. The van der Waals surface area contributed by atoms with Gasteiger partial charge in [0.2, 0.25) is 0 Å². The highest BCUT2D eigenvalue weighted by molar-refractivity contribution is 14.1. The number of hydrogen-bond acceptors (Lipinski definition) is 4. The first-order valence-electron chi connectivity index (χ1n) is 4.76. The highest BCUT2D eigenvalue weighted by Crippen LogP contribution is 2.35. The molecule has 0 amide bonds. The smallest absolute Gasteiger partial charge is 0.427 e. The first-order chi connectivity index (χ1) is 8.34. The minimum absolute atomic E-state index is 0.0393. The van der Waals surface area contributed by atoms with E-state index < -0.39 is 17.0 Å². The second-order valence-electron chi connectivity index (χ2n) is 3.22.